The Labute approximate surface area is 133 Å². The summed E-state index contributed by atoms with van der Waals surface area (Å²) in [6.45, 7) is 2.22. The van der Waals surface area contributed by atoms with Crippen LogP contribution in [0.1, 0.15) is 11.1 Å². The highest BCUT2D eigenvalue weighted by atomic mass is 16.5. The van der Waals surface area contributed by atoms with Crippen LogP contribution in [-0.2, 0) is 22.7 Å². The second kappa shape index (κ2) is 6.83. The summed E-state index contributed by atoms with van der Waals surface area (Å²) in [6, 6.07) is 17.3. The van der Waals surface area contributed by atoms with Crippen LogP contribution in [0.3, 0.4) is 0 Å². The number of aryl methyl sites for hydroxylation is 1. The molecule has 0 N–H and O–H groups in total. The van der Waals surface area contributed by atoms with Crippen molar-refractivity contribution in [3.8, 4) is 11.4 Å². The van der Waals surface area contributed by atoms with Crippen molar-refractivity contribution < 1.29 is 9.53 Å². The van der Waals surface area contributed by atoms with E-state index in [1.165, 1.54) is 4.68 Å². The summed E-state index contributed by atoms with van der Waals surface area (Å²) in [5, 5.41) is 11.5. The normalized spacial score (nSPS) is 10.5. The Kier molecular flexibility index (Phi) is 4.42. The summed E-state index contributed by atoms with van der Waals surface area (Å²) in [5.74, 6) is 0.163. The molecule has 0 spiro atoms. The van der Waals surface area contributed by atoms with Gasteiger partial charge in [-0.2, -0.15) is 0 Å². The lowest BCUT2D eigenvalue weighted by atomic mass is 10.1. The van der Waals surface area contributed by atoms with E-state index in [2.05, 4.69) is 15.5 Å². The van der Waals surface area contributed by atoms with Gasteiger partial charge in [-0.1, -0.05) is 60.2 Å². The predicted octanol–water partition coefficient (Wildman–Crippen LogP) is 2.39. The number of carbonyl (C=O) groups excluding carboxylic acids is 1. The van der Waals surface area contributed by atoms with E-state index in [4.69, 9.17) is 4.74 Å². The standard InChI is InChI=1S/C17H16N4O2/c1-13-7-9-15(10-8-13)17-18-19-20-21(17)11-16(22)23-12-14-5-3-2-4-6-14/h2-10H,11-12H2,1H3. The molecule has 0 radical (unpaired) electrons. The SMILES string of the molecule is Cc1ccc(-c2nnnn2CC(=O)OCc2ccccc2)cc1. The van der Waals surface area contributed by atoms with Gasteiger partial charge < -0.3 is 4.74 Å². The molecule has 3 aromatic rings. The van der Waals surface area contributed by atoms with Crippen LogP contribution < -0.4 is 0 Å². The molecule has 0 fully saturated rings. The minimum absolute atomic E-state index is 0.0248. The number of rotatable bonds is 5. The summed E-state index contributed by atoms with van der Waals surface area (Å²) < 4.78 is 6.70. The molecule has 0 bridgehead atoms. The fourth-order valence-electron chi connectivity index (χ4n) is 2.13. The lowest BCUT2D eigenvalue weighted by Crippen LogP contribution is -2.15. The highest BCUT2D eigenvalue weighted by molar-refractivity contribution is 5.70. The minimum atomic E-state index is -0.380. The molecule has 1 aromatic heterocycles. The molecule has 3 rings (SSSR count). The molecular weight excluding hydrogens is 292 g/mol. The maximum absolute atomic E-state index is 12.0. The fourth-order valence-corrected chi connectivity index (χ4v) is 2.13. The van der Waals surface area contributed by atoms with Crippen molar-refractivity contribution in [2.24, 2.45) is 0 Å². The molecule has 0 aliphatic rings. The van der Waals surface area contributed by atoms with Gasteiger partial charge in [-0.15, -0.1) is 5.10 Å². The molecule has 6 nitrogen and oxygen atoms in total. The van der Waals surface area contributed by atoms with E-state index in [9.17, 15) is 4.79 Å². The van der Waals surface area contributed by atoms with Crippen molar-refractivity contribution in [3.63, 3.8) is 0 Å². The third kappa shape index (κ3) is 3.79. The van der Waals surface area contributed by atoms with Gasteiger partial charge in [0, 0.05) is 5.56 Å². The van der Waals surface area contributed by atoms with Gasteiger partial charge in [0.25, 0.3) is 0 Å². The third-order valence-corrected chi connectivity index (χ3v) is 3.36. The average Bonchev–Trinajstić information content (AvgIpc) is 3.03. The Morgan fingerprint density at radius 2 is 1.83 bits per heavy atom. The smallest absolute Gasteiger partial charge is 0.328 e. The molecule has 0 aliphatic heterocycles. The lowest BCUT2D eigenvalue weighted by molar-refractivity contribution is -0.145. The lowest BCUT2D eigenvalue weighted by Gasteiger charge is -2.06. The van der Waals surface area contributed by atoms with Gasteiger partial charge in [0.15, 0.2) is 5.82 Å². The summed E-state index contributed by atoms with van der Waals surface area (Å²) >= 11 is 0. The zero-order valence-electron chi connectivity index (χ0n) is 12.7. The van der Waals surface area contributed by atoms with Gasteiger partial charge in [-0.05, 0) is 22.9 Å². The molecule has 116 valence electrons. The number of carbonyl (C=O) groups is 1. The highest BCUT2D eigenvalue weighted by Gasteiger charge is 2.13. The monoisotopic (exact) mass is 308 g/mol. The van der Waals surface area contributed by atoms with Gasteiger partial charge in [-0.3, -0.25) is 4.79 Å². The van der Waals surface area contributed by atoms with Crippen LogP contribution >= 0.6 is 0 Å². The van der Waals surface area contributed by atoms with Crippen molar-refractivity contribution in [3.05, 3.63) is 65.7 Å². The number of aromatic nitrogens is 4. The average molecular weight is 308 g/mol. The molecule has 0 amide bonds. The quantitative estimate of drug-likeness (QED) is 0.677. The molecule has 23 heavy (non-hydrogen) atoms. The van der Waals surface area contributed by atoms with Gasteiger partial charge in [0.2, 0.25) is 0 Å². The number of benzene rings is 2. The van der Waals surface area contributed by atoms with Crippen molar-refractivity contribution in [2.75, 3.05) is 0 Å². The second-order valence-electron chi connectivity index (χ2n) is 5.17. The largest absolute Gasteiger partial charge is 0.459 e. The van der Waals surface area contributed by atoms with E-state index in [0.717, 1.165) is 16.7 Å². The number of nitrogens with zero attached hydrogens (tertiary/aromatic N) is 4. The molecule has 0 saturated carbocycles. The first-order valence-corrected chi connectivity index (χ1v) is 7.25. The summed E-state index contributed by atoms with van der Waals surface area (Å²) in [4.78, 5) is 12.0. The van der Waals surface area contributed by atoms with E-state index in [-0.39, 0.29) is 19.1 Å². The van der Waals surface area contributed by atoms with Crippen molar-refractivity contribution in [1.29, 1.82) is 0 Å². The first-order chi connectivity index (χ1) is 11.2. The number of hydrogen-bond donors (Lipinski definition) is 0. The Balaban J connectivity index is 1.65. The molecule has 0 saturated heterocycles. The highest BCUT2D eigenvalue weighted by Crippen LogP contribution is 2.16. The Morgan fingerprint density at radius 1 is 1.09 bits per heavy atom. The van der Waals surface area contributed by atoms with Crippen LogP contribution in [0.15, 0.2) is 54.6 Å². The van der Waals surface area contributed by atoms with E-state index >= 15 is 0 Å². The molecule has 0 unspecified atom stereocenters. The molecule has 0 aliphatic carbocycles. The number of hydrogen-bond acceptors (Lipinski definition) is 5. The van der Waals surface area contributed by atoms with Crippen LogP contribution in [0.2, 0.25) is 0 Å². The Hall–Kier alpha value is -3.02. The first-order valence-electron chi connectivity index (χ1n) is 7.25. The predicted molar refractivity (Wildman–Crippen MR) is 84.2 cm³/mol. The van der Waals surface area contributed by atoms with Crippen LogP contribution in [0.5, 0.6) is 0 Å². The Bertz CT molecular complexity index is 782. The summed E-state index contributed by atoms with van der Waals surface area (Å²) in [7, 11) is 0. The maximum Gasteiger partial charge on any atom is 0.328 e. The zero-order chi connectivity index (χ0) is 16.1. The first kappa shape index (κ1) is 14.9. The molecule has 2 aromatic carbocycles. The van der Waals surface area contributed by atoms with Crippen LogP contribution in [0.4, 0.5) is 0 Å². The number of tetrazole rings is 1. The van der Waals surface area contributed by atoms with E-state index in [0.29, 0.717) is 5.82 Å². The minimum Gasteiger partial charge on any atom is -0.459 e. The van der Waals surface area contributed by atoms with Crippen LogP contribution in [0.25, 0.3) is 11.4 Å². The summed E-state index contributed by atoms with van der Waals surface area (Å²) in [5.41, 5.74) is 2.95. The molecule has 6 heteroatoms. The summed E-state index contributed by atoms with van der Waals surface area (Å²) in [6.07, 6.45) is 0. The number of esters is 1. The van der Waals surface area contributed by atoms with Crippen molar-refractivity contribution in [1.82, 2.24) is 20.2 Å². The van der Waals surface area contributed by atoms with E-state index in [1.54, 1.807) is 0 Å². The maximum atomic E-state index is 12.0. The third-order valence-electron chi connectivity index (χ3n) is 3.36. The number of ether oxygens (including phenoxy) is 1. The van der Waals surface area contributed by atoms with Crippen LogP contribution in [0, 0.1) is 6.92 Å². The van der Waals surface area contributed by atoms with Gasteiger partial charge in [-0.25, -0.2) is 4.68 Å². The van der Waals surface area contributed by atoms with Crippen molar-refractivity contribution in [2.45, 2.75) is 20.1 Å². The molecular formula is C17H16N4O2. The van der Waals surface area contributed by atoms with Gasteiger partial charge >= 0.3 is 5.97 Å². The fraction of sp³-hybridized carbons (Fsp3) is 0.176. The Morgan fingerprint density at radius 3 is 2.57 bits per heavy atom. The van der Waals surface area contributed by atoms with E-state index < -0.39 is 0 Å². The van der Waals surface area contributed by atoms with Gasteiger partial charge in [0.1, 0.15) is 13.2 Å². The topological polar surface area (TPSA) is 69.9 Å². The van der Waals surface area contributed by atoms with E-state index in [1.807, 2.05) is 61.5 Å². The van der Waals surface area contributed by atoms with Crippen molar-refractivity contribution >= 4 is 5.97 Å². The zero-order valence-corrected chi connectivity index (χ0v) is 12.7. The molecule has 0 atom stereocenters. The van der Waals surface area contributed by atoms with Crippen LogP contribution in [-0.4, -0.2) is 26.2 Å². The second-order valence-corrected chi connectivity index (χ2v) is 5.17. The van der Waals surface area contributed by atoms with Gasteiger partial charge in [0.05, 0.1) is 0 Å². The molecule has 1 heterocycles.